The maximum absolute atomic E-state index is 13.1. The molecule has 2 atom stereocenters. The molecule has 0 N–H and O–H groups in total. The van der Waals surface area contributed by atoms with Gasteiger partial charge in [-0.2, -0.15) is 0 Å². The van der Waals surface area contributed by atoms with Crippen LogP contribution in [0.2, 0.25) is 0 Å². The highest BCUT2D eigenvalue weighted by Gasteiger charge is 2.26. The van der Waals surface area contributed by atoms with Crippen molar-refractivity contribution < 1.29 is 18.7 Å². The van der Waals surface area contributed by atoms with Crippen LogP contribution in [0.5, 0.6) is 0 Å². The Morgan fingerprint density at radius 1 is 1.04 bits per heavy atom. The third kappa shape index (κ3) is 5.15. The van der Waals surface area contributed by atoms with E-state index < -0.39 is 5.92 Å². The summed E-state index contributed by atoms with van der Waals surface area (Å²) in [6.45, 7) is 3.92. The Hall–Kier alpha value is -2.69. The van der Waals surface area contributed by atoms with Crippen LogP contribution in [-0.4, -0.2) is 30.4 Å². The van der Waals surface area contributed by atoms with Gasteiger partial charge in [0, 0.05) is 6.54 Å². The summed E-state index contributed by atoms with van der Waals surface area (Å²) in [7, 11) is 1.34. The summed E-state index contributed by atoms with van der Waals surface area (Å²) < 4.78 is 17.9. The predicted molar refractivity (Wildman–Crippen MR) is 97.9 cm³/mol. The molecule has 0 aromatic heterocycles. The van der Waals surface area contributed by atoms with E-state index in [1.807, 2.05) is 37.3 Å². The van der Waals surface area contributed by atoms with Crippen molar-refractivity contribution in [2.45, 2.75) is 26.3 Å². The number of rotatable bonds is 7. The Morgan fingerprint density at radius 3 is 2.23 bits per heavy atom. The summed E-state index contributed by atoms with van der Waals surface area (Å²) in [4.78, 5) is 26.4. The molecule has 0 saturated heterocycles. The second-order valence-corrected chi connectivity index (χ2v) is 6.36. The Kier molecular flexibility index (Phi) is 6.89. The number of benzene rings is 2. The fourth-order valence-electron chi connectivity index (χ4n) is 2.84. The summed E-state index contributed by atoms with van der Waals surface area (Å²) in [5, 5.41) is 0. The molecule has 0 bridgehead atoms. The van der Waals surface area contributed by atoms with Gasteiger partial charge < -0.3 is 9.64 Å². The van der Waals surface area contributed by atoms with Gasteiger partial charge in [0.2, 0.25) is 5.91 Å². The van der Waals surface area contributed by atoms with Gasteiger partial charge in [-0.05, 0) is 30.2 Å². The van der Waals surface area contributed by atoms with Crippen molar-refractivity contribution >= 4 is 11.9 Å². The summed E-state index contributed by atoms with van der Waals surface area (Å²) >= 11 is 0. The molecule has 0 fully saturated rings. The molecule has 0 aliphatic heterocycles. The number of carbonyl (C=O) groups excluding carboxylic acids is 2. The molecule has 0 saturated carbocycles. The molecule has 4 nitrogen and oxygen atoms in total. The zero-order valence-electron chi connectivity index (χ0n) is 15.3. The first-order valence-corrected chi connectivity index (χ1v) is 8.59. The number of carbonyl (C=O) groups is 2. The van der Waals surface area contributed by atoms with Crippen molar-refractivity contribution in [2.75, 3.05) is 13.7 Å². The molecule has 0 heterocycles. The highest BCUT2D eigenvalue weighted by atomic mass is 19.1. The summed E-state index contributed by atoms with van der Waals surface area (Å²) in [6.07, 6.45) is 0.144. The van der Waals surface area contributed by atoms with Crippen LogP contribution in [-0.2, 0) is 20.7 Å². The first-order valence-electron chi connectivity index (χ1n) is 8.59. The maximum Gasteiger partial charge on any atom is 0.310 e. The lowest BCUT2D eigenvalue weighted by molar-refractivity contribution is -0.147. The van der Waals surface area contributed by atoms with Gasteiger partial charge in [0.15, 0.2) is 0 Å². The van der Waals surface area contributed by atoms with Crippen molar-refractivity contribution in [3.8, 4) is 0 Å². The Balaban J connectivity index is 2.22. The SMILES string of the molecule is COC(=O)C(C)CN(C(=O)Cc1ccc(F)cc1)C(C)c1ccccc1. The van der Waals surface area contributed by atoms with Gasteiger partial charge in [-0.3, -0.25) is 9.59 Å². The molecular formula is C21H24FNO3. The van der Waals surface area contributed by atoms with Crippen LogP contribution in [0.25, 0.3) is 0 Å². The summed E-state index contributed by atoms with van der Waals surface area (Å²) in [6, 6.07) is 15.3. The highest BCUT2D eigenvalue weighted by Crippen LogP contribution is 2.23. The third-order valence-electron chi connectivity index (χ3n) is 4.41. The van der Waals surface area contributed by atoms with Gasteiger partial charge in [0.1, 0.15) is 5.82 Å². The van der Waals surface area contributed by atoms with Crippen molar-refractivity contribution in [1.82, 2.24) is 4.90 Å². The van der Waals surface area contributed by atoms with Gasteiger partial charge in [-0.1, -0.05) is 49.4 Å². The molecule has 2 unspecified atom stereocenters. The van der Waals surface area contributed by atoms with Gasteiger partial charge in [-0.25, -0.2) is 4.39 Å². The first kappa shape index (κ1) is 19.6. The number of hydrogen-bond acceptors (Lipinski definition) is 3. The van der Waals surface area contributed by atoms with Crippen LogP contribution in [0.1, 0.15) is 31.0 Å². The molecular weight excluding hydrogens is 333 g/mol. The molecule has 5 heteroatoms. The van der Waals surface area contributed by atoms with Crippen LogP contribution >= 0.6 is 0 Å². The van der Waals surface area contributed by atoms with E-state index in [1.165, 1.54) is 19.2 Å². The van der Waals surface area contributed by atoms with E-state index in [0.717, 1.165) is 11.1 Å². The Labute approximate surface area is 153 Å². The fraction of sp³-hybridized carbons (Fsp3) is 0.333. The number of halogens is 1. The van der Waals surface area contributed by atoms with Crippen molar-refractivity contribution in [2.24, 2.45) is 5.92 Å². The minimum atomic E-state index is -0.441. The number of nitrogens with zero attached hydrogens (tertiary/aromatic N) is 1. The molecule has 138 valence electrons. The van der Waals surface area contributed by atoms with E-state index in [4.69, 9.17) is 4.74 Å². The molecule has 0 radical (unpaired) electrons. The van der Waals surface area contributed by atoms with Crippen LogP contribution in [0.4, 0.5) is 4.39 Å². The third-order valence-corrected chi connectivity index (χ3v) is 4.41. The van der Waals surface area contributed by atoms with E-state index in [-0.39, 0.29) is 36.7 Å². The van der Waals surface area contributed by atoms with E-state index in [9.17, 15) is 14.0 Å². The maximum atomic E-state index is 13.1. The normalized spacial score (nSPS) is 12.9. The lowest BCUT2D eigenvalue weighted by Gasteiger charge is -2.31. The fourth-order valence-corrected chi connectivity index (χ4v) is 2.84. The van der Waals surface area contributed by atoms with E-state index in [1.54, 1.807) is 24.0 Å². The zero-order valence-corrected chi connectivity index (χ0v) is 15.3. The van der Waals surface area contributed by atoms with E-state index in [2.05, 4.69) is 0 Å². The Bertz CT molecular complexity index is 731. The van der Waals surface area contributed by atoms with Crippen LogP contribution < -0.4 is 0 Å². The topological polar surface area (TPSA) is 46.6 Å². The smallest absolute Gasteiger partial charge is 0.310 e. The second-order valence-electron chi connectivity index (χ2n) is 6.36. The van der Waals surface area contributed by atoms with E-state index in [0.29, 0.717) is 0 Å². The number of ether oxygens (including phenoxy) is 1. The van der Waals surface area contributed by atoms with Gasteiger partial charge in [0.05, 0.1) is 25.5 Å². The monoisotopic (exact) mass is 357 g/mol. The van der Waals surface area contributed by atoms with Crippen molar-refractivity contribution in [3.05, 3.63) is 71.5 Å². The quantitative estimate of drug-likeness (QED) is 0.709. The lowest BCUT2D eigenvalue weighted by Crippen LogP contribution is -2.39. The molecule has 0 aliphatic rings. The van der Waals surface area contributed by atoms with Crippen LogP contribution in [0, 0.1) is 11.7 Å². The predicted octanol–water partition coefficient (Wildman–Crippen LogP) is 3.77. The van der Waals surface area contributed by atoms with Gasteiger partial charge in [0.25, 0.3) is 0 Å². The Morgan fingerprint density at radius 2 is 1.65 bits per heavy atom. The molecule has 2 aromatic rings. The minimum Gasteiger partial charge on any atom is -0.469 e. The average Bonchev–Trinajstić information content (AvgIpc) is 2.67. The van der Waals surface area contributed by atoms with Crippen LogP contribution in [0.3, 0.4) is 0 Å². The molecule has 2 rings (SSSR count). The molecule has 0 spiro atoms. The number of amides is 1. The zero-order chi connectivity index (χ0) is 19.1. The number of hydrogen-bond donors (Lipinski definition) is 0. The minimum absolute atomic E-state index is 0.122. The van der Waals surface area contributed by atoms with Crippen molar-refractivity contribution in [1.29, 1.82) is 0 Å². The largest absolute Gasteiger partial charge is 0.469 e. The molecule has 2 aromatic carbocycles. The van der Waals surface area contributed by atoms with Gasteiger partial charge in [-0.15, -0.1) is 0 Å². The standard InChI is InChI=1S/C21H24FNO3/c1-15(21(25)26-3)14-23(16(2)18-7-5-4-6-8-18)20(24)13-17-9-11-19(22)12-10-17/h4-12,15-16H,13-14H2,1-3H3. The average molecular weight is 357 g/mol. The molecule has 26 heavy (non-hydrogen) atoms. The number of esters is 1. The van der Waals surface area contributed by atoms with Crippen molar-refractivity contribution in [3.63, 3.8) is 0 Å². The summed E-state index contributed by atoms with van der Waals surface area (Å²) in [5.41, 5.74) is 1.71. The number of methoxy groups -OCH3 is 1. The molecule has 0 aliphatic carbocycles. The lowest BCUT2D eigenvalue weighted by atomic mass is 10.0. The first-order chi connectivity index (χ1) is 12.4. The highest BCUT2D eigenvalue weighted by molar-refractivity contribution is 5.80. The van der Waals surface area contributed by atoms with E-state index >= 15 is 0 Å². The summed E-state index contributed by atoms with van der Waals surface area (Å²) in [5.74, 6) is -1.26. The van der Waals surface area contributed by atoms with Gasteiger partial charge >= 0.3 is 5.97 Å². The second kappa shape index (κ2) is 9.13. The van der Waals surface area contributed by atoms with Crippen LogP contribution in [0.15, 0.2) is 54.6 Å². The molecule has 1 amide bonds.